The van der Waals surface area contributed by atoms with Gasteiger partial charge in [0.05, 0.1) is 12.7 Å². The van der Waals surface area contributed by atoms with Gasteiger partial charge in [-0.2, -0.15) is 0 Å². The highest BCUT2D eigenvalue weighted by atomic mass is 16.4. The van der Waals surface area contributed by atoms with E-state index in [9.17, 15) is 20.4 Å². The Morgan fingerprint density at radius 3 is 1.38 bits per heavy atom. The van der Waals surface area contributed by atoms with Gasteiger partial charge in [-0.25, -0.2) is 0 Å². The van der Waals surface area contributed by atoms with Gasteiger partial charge in [0.25, 0.3) is 0 Å². The van der Waals surface area contributed by atoms with Crippen LogP contribution in [0.2, 0.25) is 0 Å². The maximum Gasteiger partial charge on any atom is 0.111 e. The van der Waals surface area contributed by atoms with Crippen LogP contribution in [0.3, 0.4) is 0 Å². The molecule has 0 fully saturated rings. The molecule has 0 aliphatic carbocycles. The number of aliphatic hydroxyl groups is 7. The summed E-state index contributed by atoms with van der Waals surface area (Å²) >= 11 is 0. The molecular formula is C8H19NO7. The van der Waals surface area contributed by atoms with Gasteiger partial charge in [0.2, 0.25) is 0 Å². The molecule has 0 aromatic carbocycles. The van der Waals surface area contributed by atoms with Crippen LogP contribution in [0.4, 0.5) is 0 Å². The molecule has 0 spiro atoms. The highest BCUT2D eigenvalue weighted by Crippen LogP contribution is 2.10. The van der Waals surface area contributed by atoms with Crippen molar-refractivity contribution in [2.75, 3.05) is 13.2 Å². The fourth-order valence-electron chi connectivity index (χ4n) is 1.11. The Labute approximate surface area is 92.2 Å². The van der Waals surface area contributed by atoms with Gasteiger partial charge < -0.3 is 41.5 Å². The first kappa shape index (κ1) is 15.7. The molecule has 0 radical (unpaired) electrons. The molecule has 0 aromatic heterocycles. The molecule has 0 aliphatic rings. The van der Waals surface area contributed by atoms with E-state index in [1.54, 1.807) is 0 Å². The summed E-state index contributed by atoms with van der Waals surface area (Å²) in [7, 11) is 0. The summed E-state index contributed by atoms with van der Waals surface area (Å²) in [6.45, 7) is -1.16. The normalized spacial score (nSPS) is 23.2. The monoisotopic (exact) mass is 241 g/mol. The molecule has 0 heterocycles. The number of nitrogens with two attached hydrogens (primary N) is 1. The summed E-state index contributed by atoms with van der Waals surface area (Å²) in [6, 6.07) is 0. The lowest BCUT2D eigenvalue weighted by atomic mass is 9.96. The summed E-state index contributed by atoms with van der Waals surface area (Å²) in [5.41, 5.74) is 5.02. The van der Waals surface area contributed by atoms with E-state index in [1.165, 1.54) is 0 Å². The van der Waals surface area contributed by atoms with Crippen molar-refractivity contribution >= 4 is 0 Å². The molecule has 8 nitrogen and oxygen atoms in total. The molecule has 0 unspecified atom stereocenters. The molecule has 0 bridgehead atoms. The molecule has 0 aromatic rings. The van der Waals surface area contributed by atoms with Crippen molar-refractivity contribution < 1.29 is 35.7 Å². The van der Waals surface area contributed by atoms with Crippen molar-refractivity contribution in [3.8, 4) is 0 Å². The zero-order valence-electron chi connectivity index (χ0n) is 8.59. The van der Waals surface area contributed by atoms with Gasteiger partial charge in [-0.05, 0) is 0 Å². The van der Waals surface area contributed by atoms with Crippen molar-refractivity contribution in [2.45, 2.75) is 36.6 Å². The van der Waals surface area contributed by atoms with Crippen molar-refractivity contribution in [1.29, 1.82) is 0 Å². The van der Waals surface area contributed by atoms with E-state index in [0.717, 1.165) is 0 Å². The molecule has 0 rings (SSSR count). The van der Waals surface area contributed by atoms with E-state index in [0.29, 0.717) is 0 Å². The lowest BCUT2D eigenvalue weighted by Gasteiger charge is -2.30. The van der Waals surface area contributed by atoms with Crippen LogP contribution in [0.15, 0.2) is 0 Å². The Morgan fingerprint density at radius 1 is 0.688 bits per heavy atom. The Kier molecular flexibility index (Phi) is 6.95. The molecule has 0 aliphatic heterocycles. The highest BCUT2D eigenvalue weighted by Gasteiger charge is 2.36. The minimum absolute atomic E-state index is 0.344. The fourth-order valence-corrected chi connectivity index (χ4v) is 1.11. The SMILES string of the molecule is NC[C@H](O)[C@H](O)[C@H](O)[C@H](O)[C@H](O)[C@@H](O)CO. The van der Waals surface area contributed by atoms with Crippen molar-refractivity contribution in [3.05, 3.63) is 0 Å². The first-order valence-corrected chi connectivity index (χ1v) is 4.76. The van der Waals surface area contributed by atoms with E-state index in [-0.39, 0.29) is 6.54 Å². The maximum absolute atomic E-state index is 9.33. The molecule has 16 heavy (non-hydrogen) atoms. The first-order valence-electron chi connectivity index (χ1n) is 4.76. The summed E-state index contributed by atoms with van der Waals surface area (Å²) in [5.74, 6) is 0. The predicted molar refractivity (Wildman–Crippen MR) is 52.2 cm³/mol. The minimum Gasteiger partial charge on any atom is -0.394 e. The minimum atomic E-state index is -1.92. The van der Waals surface area contributed by atoms with Gasteiger partial charge in [-0.3, -0.25) is 0 Å². The van der Waals surface area contributed by atoms with E-state index in [4.69, 9.17) is 21.1 Å². The molecule has 0 amide bonds. The molecule has 98 valence electrons. The van der Waals surface area contributed by atoms with Crippen LogP contribution in [-0.4, -0.2) is 85.5 Å². The van der Waals surface area contributed by atoms with Crippen LogP contribution in [-0.2, 0) is 0 Å². The van der Waals surface area contributed by atoms with Crippen LogP contribution < -0.4 is 5.73 Å². The Bertz CT molecular complexity index is 173. The lowest BCUT2D eigenvalue weighted by molar-refractivity contribution is -0.156. The molecule has 6 atom stereocenters. The topological polar surface area (TPSA) is 168 Å². The lowest BCUT2D eigenvalue weighted by Crippen LogP contribution is -2.53. The van der Waals surface area contributed by atoms with Crippen LogP contribution in [0, 0.1) is 0 Å². The van der Waals surface area contributed by atoms with Crippen molar-refractivity contribution in [3.63, 3.8) is 0 Å². The van der Waals surface area contributed by atoms with Gasteiger partial charge in [-0.15, -0.1) is 0 Å². The third-order valence-electron chi connectivity index (χ3n) is 2.27. The Morgan fingerprint density at radius 2 is 1.06 bits per heavy atom. The van der Waals surface area contributed by atoms with Crippen molar-refractivity contribution in [2.24, 2.45) is 5.73 Å². The van der Waals surface area contributed by atoms with Crippen molar-refractivity contribution in [1.82, 2.24) is 0 Å². The van der Waals surface area contributed by atoms with Gasteiger partial charge in [0, 0.05) is 6.54 Å². The summed E-state index contributed by atoms with van der Waals surface area (Å²) < 4.78 is 0. The summed E-state index contributed by atoms with van der Waals surface area (Å²) in [5, 5.41) is 63.7. The molecule has 9 N–H and O–H groups in total. The van der Waals surface area contributed by atoms with E-state index >= 15 is 0 Å². The predicted octanol–water partition coefficient (Wildman–Crippen LogP) is -4.90. The molecular weight excluding hydrogens is 222 g/mol. The quantitative estimate of drug-likeness (QED) is 0.219. The second-order valence-electron chi connectivity index (χ2n) is 3.52. The molecule has 0 saturated carbocycles. The van der Waals surface area contributed by atoms with Gasteiger partial charge in [0.1, 0.15) is 30.5 Å². The van der Waals surface area contributed by atoms with Gasteiger partial charge in [-0.1, -0.05) is 0 Å². The zero-order valence-corrected chi connectivity index (χ0v) is 8.59. The molecule has 0 saturated heterocycles. The van der Waals surface area contributed by atoms with E-state index in [1.807, 2.05) is 0 Å². The number of hydrogen-bond donors (Lipinski definition) is 8. The largest absolute Gasteiger partial charge is 0.394 e. The third kappa shape index (κ3) is 3.92. The highest BCUT2D eigenvalue weighted by molar-refractivity contribution is 4.87. The average molecular weight is 241 g/mol. The van der Waals surface area contributed by atoms with Crippen LogP contribution >= 0.6 is 0 Å². The van der Waals surface area contributed by atoms with E-state index < -0.39 is 43.2 Å². The second-order valence-corrected chi connectivity index (χ2v) is 3.52. The summed E-state index contributed by atoms with van der Waals surface area (Å²) in [4.78, 5) is 0. The zero-order chi connectivity index (χ0) is 12.9. The van der Waals surface area contributed by atoms with Gasteiger partial charge in [0.15, 0.2) is 0 Å². The Hall–Kier alpha value is -0.320. The fraction of sp³-hybridized carbons (Fsp3) is 1.00. The van der Waals surface area contributed by atoms with Crippen LogP contribution in [0.25, 0.3) is 0 Å². The number of rotatable bonds is 7. The number of aliphatic hydroxyl groups excluding tert-OH is 7. The Balaban J connectivity index is 4.41. The first-order chi connectivity index (χ1) is 7.36. The summed E-state index contributed by atoms with van der Waals surface area (Å²) in [6.07, 6.45) is -10.6. The maximum atomic E-state index is 9.33. The van der Waals surface area contributed by atoms with Crippen LogP contribution in [0.5, 0.6) is 0 Å². The van der Waals surface area contributed by atoms with E-state index in [2.05, 4.69) is 0 Å². The second kappa shape index (κ2) is 7.09. The van der Waals surface area contributed by atoms with Gasteiger partial charge >= 0.3 is 0 Å². The smallest absolute Gasteiger partial charge is 0.111 e. The van der Waals surface area contributed by atoms with Crippen LogP contribution in [0.1, 0.15) is 0 Å². The third-order valence-corrected chi connectivity index (χ3v) is 2.27. The average Bonchev–Trinajstić information content (AvgIpc) is 2.32. The molecule has 8 heteroatoms. The number of hydrogen-bond acceptors (Lipinski definition) is 8. The standard InChI is InChI=1S/C8H19NO7/c9-1-3(11)5(13)7(15)8(16)6(14)4(12)2-10/h3-8,10-16H,1-2,9H2/t3-,4-,5-,6+,7-,8+/m0/s1.